The van der Waals surface area contributed by atoms with Crippen LogP contribution in [0.1, 0.15) is 27.8 Å². The maximum Gasteiger partial charge on any atom is 0.411 e. The van der Waals surface area contributed by atoms with Gasteiger partial charge in [-0.3, -0.25) is 4.99 Å². The van der Waals surface area contributed by atoms with Crippen molar-refractivity contribution in [3.8, 4) is 0 Å². The van der Waals surface area contributed by atoms with Crippen molar-refractivity contribution in [1.29, 1.82) is 0 Å². The van der Waals surface area contributed by atoms with Gasteiger partial charge < -0.3 is 15.4 Å². The Bertz CT molecular complexity index is 727. The second-order valence-electron chi connectivity index (χ2n) is 5.93. The summed E-state index contributed by atoms with van der Waals surface area (Å²) in [5.74, 6) is 0.694. The molecule has 0 saturated heterocycles. The summed E-state index contributed by atoms with van der Waals surface area (Å²) >= 11 is 1.78. The number of hydrogen-bond acceptors (Lipinski definition) is 3. The third-order valence-corrected chi connectivity index (χ3v) is 4.97. The van der Waals surface area contributed by atoms with Crippen LogP contribution in [-0.2, 0) is 30.9 Å². The van der Waals surface area contributed by atoms with Crippen LogP contribution in [-0.4, -0.2) is 25.8 Å². The van der Waals surface area contributed by atoms with Crippen LogP contribution >= 0.6 is 11.3 Å². The Balaban J connectivity index is 1.75. The summed E-state index contributed by atoms with van der Waals surface area (Å²) in [4.78, 5) is 6.80. The van der Waals surface area contributed by atoms with Gasteiger partial charge in [0.25, 0.3) is 0 Å². The lowest BCUT2D eigenvalue weighted by atomic mass is 10.1. The van der Waals surface area contributed by atoms with Crippen LogP contribution in [0.3, 0.4) is 0 Å². The summed E-state index contributed by atoms with van der Waals surface area (Å²) in [7, 11) is 1.71. The van der Waals surface area contributed by atoms with Gasteiger partial charge in [-0.05, 0) is 29.7 Å². The van der Waals surface area contributed by atoms with Gasteiger partial charge in [0.15, 0.2) is 5.96 Å². The zero-order valence-electron chi connectivity index (χ0n) is 15.4. The molecule has 2 rings (SSSR count). The fraction of sp³-hybridized carbons (Fsp3) is 0.421. The molecule has 1 aromatic heterocycles. The Kier molecular flexibility index (Phi) is 8.12. The Hall–Kier alpha value is -2.06. The third-order valence-electron chi connectivity index (χ3n) is 3.74. The molecule has 148 valence electrons. The highest BCUT2D eigenvalue weighted by molar-refractivity contribution is 7.11. The molecule has 0 radical (unpaired) electrons. The van der Waals surface area contributed by atoms with E-state index in [9.17, 15) is 13.2 Å². The molecule has 0 unspecified atom stereocenters. The van der Waals surface area contributed by atoms with E-state index in [1.54, 1.807) is 30.5 Å². The van der Waals surface area contributed by atoms with Gasteiger partial charge in [-0.25, -0.2) is 0 Å². The molecule has 27 heavy (non-hydrogen) atoms. The van der Waals surface area contributed by atoms with Crippen molar-refractivity contribution < 1.29 is 17.9 Å². The molecular formula is C19H24F3N3OS. The van der Waals surface area contributed by atoms with Crippen LogP contribution in [0.15, 0.2) is 41.4 Å². The Morgan fingerprint density at radius 2 is 1.63 bits per heavy atom. The van der Waals surface area contributed by atoms with Crippen LogP contribution < -0.4 is 10.6 Å². The SMILES string of the molecule is CCc1ccc(CNC(=NC)NCc2ccc(COCC(F)(F)F)cc2)s1. The molecule has 2 aromatic rings. The molecule has 0 saturated carbocycles. The molecule has 0 bridgehead atoms. The lowest BCUT2D eigenvalue weighted by Gasteiger charge is -2.12. The number of aliphatic imine (C=N–C) groups is 1. The van der Waals surface area contributed by atoms with E-state index < -0.39 is 12.8 Å². The number of hydrogen-bond donors (Lipinski definition) is 2. The van der Waals surface area contributed by atoms with Crippen LogP contribution in [0.25, 0.3) is 0 Å². The minimum Gasteiger partial charge on any atom is -0.367 e. The van der Waals surface area contributed by atoms with Gasteiger partial charge in [0.05, 0.1) is 13.2 Å². The number of ether oxygens (including phenoxy) is 1. The van der Waals surface area contributed by atoms with Gasteiger partial charge in [0.2, 0.25) is 0 Å². The molecular weight excluding hydrogens is 375 g/mol. The van der Waals surface area contributed by atoms with Crippen LogP contribution in [0.2, 0.25) is 0 Å². The predicted octanol–water partition coefficient (Wildman–Crippen LogP) is 4.25. The quantitative estimate of drug-likeness (QED) is 0.515. The van der Waals surface area contributed by atoms with Crippen molar-refractivity contribution >= 4 is 17.3 Å². The van der Waals surface area contributed by atoms with E-state index in [0.29, 0.717) is 24.6 Å². The number of guanidine groups is 1. The van der Waals surface area contributed by atoms with Crippen molar-refractivity contribution in [3.63, 3.8) is 0 Å². The van der Waals surface area contributed by atoms with E-state index in [-0.39, 0.29) is 6.61 Å². The molecule has 0 aliphatic heterocycles. The van der Waals surface area contributed by atoms with Gasteiger partial charge in [-0.1, -0.05) is 31.2 Å². The normalized spacial score (nSPS) is 12.3. The van der Waals surface area contributed by atoms with E-state index in [1.165, 1.54) is 9.75 Å². The molecule has 0 spiro atoms. The maximum atomic E-state index is 12.1. The summed E-state index contributed by atoms with van der Waals surface area (Å²) in [5, 5.41) is 6.49. The van der Waals surface area contributed by atoms with Crippen molar-refractivity contribution in [2.45, 2.75) is 39.2 Å². The smallest absolute Gasteiger partial charge is 0.367 e. The molecule has 0 fully saturated rings. The molecule has 0 amide bonds. The predicted molar refractivity (Wildman–Crippen MR) is 103 cm³/mol. The first-order valence-corrected chi connectivity index (χ1v) is 9.45. The molecule has 0 aliphatic rings. The van der Waals surface area contributed by atoms with Crippen molar-refractivity contribution in [1.82, 2.24) is 10.6 Å². The Morgan fingerprint density at radius 1 is 1.00 bits per heavy atom. The van der Waals surface area contributed by atoms with E-state index in [2.05, 4.69) is 39.4 Å². The number of thiophene rings is 1. The standard InChI is InChI=1S/C19H24F3N3OS/c1-3-16-8-9-17(27-16)11-25-18(23-2)24-10-14-4-6-15(7-5-14)12-26-13-19(20,21)22/h4-9H,3,10-13H2,1-2H3,(H2,23,24,25). The molecule has 0 aliphatic carbocycles. The highest BCUT2D eigenvalue weighted by Crippen LogP contribution is 2.17. The highest BCUT2D eigenvalue weighted by atomic mass is 32.1. The topological polar surface area (TPSA) is 45.7 Å². The van der Waals surface area contributed by atoms with Crippen LogP contribution in [0.4, 0.5) is 13.2 Å². The minimum atomic E-state index is -4.30. The first-order valence-electron chi connectivity index (χ1n) is 8.64. The number of alkyl halides is 3. The summed E-state index contributed by atoms with van der Waals surface area (Å²) in [6, 6.07) is 11.5. The maximum absolute atomic E-state index is 12.1. The fourth-order valence-corrected chi connectivity index (χ4v) is 3.22. The van der Waals surface area contributed by atoms with Gasteiger partial charge >= 0.3 is 6.18 Å². The number of rotatable bonds is 8. The molecule has 8 heteroatoms. The summed E-state index contributed by atoms with van der Waals surface area (Å²) in [6.45, 7) is 2.12. The third kappa shape index (κ3) is 8.01. The number of nitrogens with one attached hydrogen (secondary N) is 2. The monoisotopic (exact) mass is 399 g/mol. The molecule has 1 aromatic carbocycles. The second kappa shape index (κ2) is 10.3. The van der Waals surface area contributed by atoms with Crippen LogP contribution in [0, 0.1) is 0 Å². The van der Waals surface area contributed by atoms with E-state index in [4.69, 9.17) is 0 Å². The second-order valence-corrected chi connectivity index (χ2v) is 7.18. The average molecular weight is 399 g/mol. The molecule has 4 nitrogen and oxygen atoms in total. The first-order chi connectivity index (χ1) is 12.9. The average Bonchev–Trinajstić information content (AvgIpc) is 3.10. The van der Waals surface area contributed by atoms with Crippen molar-refractivity contribution in [2.75, 3.05) is 13.7 Å². The minimum absolute atomic E-state index is 0.0585. The largest absolute Gasteiger partial charge is 0.411 e. The summed E-state index contributed by atoms with van der Waals surface area (Å²) < 4.78 is 40.9. The molecule has 2 N–H and O–H groups in total. The van der Waals surface area contributed by atoms with Gasteiger partial charge in [0, 0.05) is 23.3 Å². The molecule has 1 heterocycles. The van der Waals surface area contributed by atoms with Gasteiger partial charge in [-0.15, -0.1) is 11.3 Å². The number of benzene rings is 1. The van der Waals surface area contributed by atoms with Gasteiger partial charge in [-0.2, -0.15) is 13.2 Å². The summed E-state index contributed by atoms with van der Waals surface area (Å²) in [6.07, 6.45) is -3.26. The number of aryl methyl sites for hydroxylation is 1. The van der Waals surface area contributed by atoms with Gasteiger partial charge in [0.1, 0.15) is 6.61 Å². The number of halogens is 3. The first kappa shape index (κ1) is 21.2. The van der Waals surface area contributed by atoms with E-state index >= 15 is 0 Å². The number of nitrogens with zero attached hydrogens (tertiary/aromatic N) is 1. The lowest BCUT2D eigenvalue weighted by Crippen LogP contribution is -2.36. The summed E-state index contributed by atoms with van der Waals surface area (Å²) in [5.41, 5.74) is 1.71. The van der Waals surface area contributed by atoms with E-state index in [0.717, 1.165) is 12.0 Å². The van der Waals surface area contributed by atoms with E-state index in [1.807, 2.05) is 12.1 Å². The Morgan fingerprint density at radius 3 is 2.22 bits per heavy atom. The molecule has 0 atom stereocenters. The fourth-order valence-electron chi connectivity index (χ4n) is 2.32. The van der Waals surface area contributed by atoms with Crippen LogP contribution in [0.5, 0.6) is 0 Å². The van der Waals surface area contributed by atoms with Crippen molar-refractivity contribution in [2.24, 2.45) is 4.99 Å². The van der Waals surface area contributed by atoms with Crippen molar-refractivity contribution in [3.05, 3.63) is 57.3 Å². The highest BCUT2D eigenvalue weighted by Gasteiger charge is 2.27. The zero-order valence-corrected chi connectivity index (χ0v) is 16.2. The Labute approximate surface area is 161 Å². The lowest BCUT2D eigenvalue weighted by molar-refractivity contribution is -0.176. The zero-order chi connectivity index (χ0) is 19.7.